The van der Waals surface area contributed by atoms with E-state index < -0.39 is 11.3 Å². The summed E-state index contributed by atoms with van der Waals surface area (Å²) in [4.78, 5) is 44.6. The van der Waals surface area contributed by atoms with Crippen molar-refractivity contribution in [3.63, 3.8) is 0 Å². The lowest BCUT2D eigenvalue weighted by Crippen LogP contribution is -2.43. The van der Waals surface area contributed by atoms with Gasteiger partial charge in [-0.15, -0.1) is 0 Å². The van der Waals surface area contributed by atoms with Crippen LogP contribution in [0, 0.1) is 6.92 Å². The minimum atomic E-state index is -1.33. The number of carbonyl (C=O) groups excluding carboxylic acids is 3. The lowest BCUT2D eigenvalue weighted by atomic mass is 9.75. The van der Waals surface area contributed by atoms with E-state index in [0.717, 1.165) is 11.3 Å². The highest BCUT2D eigenvalue weighted by molar-refractivity contribution is 6.11. The number of imide groups is 1. The van der Waals surface area contributed by atoms with Crippen LogP contribution in [0.4, 0.5) is 0 Å². The van der Waals surface area contributed by atoms with Crippen LogP contribution < -0.4 is 10.1 Å². The van der Waals surface area contributed by atoms with E-state index in [-0.39, 0.29) is 44.4 Å². The van der Waals surface area contributed by atoms with Crippen molar-refractivity contribution >= 4 is 17.7 Å². The third kappa shape index (κ3) is 4.59. The molecule has 1 atom stereocenters. The Morgan fingerprint density at radius 2 is 1.97 bits per heavy atom. The molecule has 0 saturated carbocycles. The molecule has 3 rings (SSSR count). The van der Waals surface area contributed by atoms with Crippen LogP contribution in [-0.2, 0) is 31.1 Å². The number of likely N-dealkylation sites (tertiary alicyclic amines) is 1. The van der Waals surface area contributed by atoms with Crippen molar-refractivity contribution in [3.8, 4) is 5.75 Å². The second kappa shape index (κ2) is 9.70. The van der Waals surface area contributed by atoms with E-state index in [9.17, 15) is 14.4 Å². The standard InChI is InChI=1S/C23H27N3O5/c1-16-7-6-10-24-18(16)15-25-20(27)13-23(17-8-4-5-9-19(17)31-3)14-21(28)26(22(23)29)11-12-30-2/h4-10H,11-15H2,1-3H3,(H,25,27)/t23-/m0/s1. The Kier molecular flexibility index (Phi) is 7.02. The number of amides is 3. The van der Waals surface area contributed by atoms with Crippen LogP contribution in [0.1, 0.15) is 29.7 Å². The maximum absolute atomic E-state index is 13.5. The van der Waals surface area contributed by atoms with Gasteiger partial charge in [0.2, 0.25) is 17.7 Å². The van der Waals surface area contributed by atoms with Crippen molar-refractivity contribution in [1.29, 1.82) is 0 Å². The number of hydrogen-bond donors (Lipinski definition) is 1. The summed E-state index contributed by atoms with van der Waals surface area (Å²) in [5.74, 6) is -0.624. The normalized spacial score (nSPS) is 18.4. The van der Waals surface area contributed by atoms with E-state index in [1.54, 1.807) is 30.5 Å². The Bertz CT molecular complexity index is 977. The molecule has 2 heterocycles. The average Bonchev–Trinajstić information content (AvgIpc) is 3.01. The number of nitrogens with one attached hydrogen (secondary N) is 1. The lowest BCUT2D eigenvalue weighted by molar-refractivity contribution is -0.141. The summed E-state index contributed by atoms with van der Waals surface area (Å²) in [5.41, 5.74) is 0.901. The molecule has 2 aromatic rings. The highest BCUT2D eigenvalue weighted by atomic mass is 16.5. The fourth-order valence-corrected chi connectivity index (χ4v) is 3.92. The number of carbonyl (C=O) groups is 3. The number of pyridine rings is 1. The maximum Gasteiger partial charge on any atom is 0.241 e. The van der Waals surface area contributed by atoms with Gasteiger partial charge >= 0.3 is 0 Å². The number of methoxy groups -OCH3 is 2. The summed E-state index contributed by atoms with van der Waals surface area (Å²) in [7, 11) is 3.01. The molecule has 0 spiro atoms. The Hall–Kier alpha value is -3.26. The number of nitrogens with zero attached hydrogens (tertiary/aromatic N) is 2. The Morgan fingerprint density at radius 1 is 1.19 bits per heavy atom. The molecule has 31 heavy (non-hydrogen) atoms. The molecule has 8 nitrogen and oxygen atoms in total. The summed E-state index contributed by atoms with van der Waals surface area (Å²) >= 11 is 0. The number of aryl methyl sites for hydroxylation is 1. The van der Waals surface area contributed by atoms with E-state index in [4.69, 9.17) is 9.47 Å². The highest BCUT2D eigenvalue weighted by Gasteiger charge is 2.54. The third-order valence-corrected chi connectivity index (χ3v) is 5.58. The number of aromatic nitrogens is 1. The zero-order valence-electron chi connectivity index (χ0n) is 18.0. The molecule has 164 valence electrons. The molecule has 1 N–H and O–H groups in total. The van der Waals surface area contributed by atoms with Crippen LogP contribution >= 0.6 is 0 Å². The van der Waals surface area contributed by atoms with E-state index in [0.29, 0.717) is 11.3 Å². The minimum absolute atomic E-state index is 0.105. The van der Waals surface area contributed by atoms with Gasteiger partial charge in [-0.25, -0.2) is 0 Å². The largest absolute Gasteiger partial charge is 0.496 e. The fraction of sp³-hybridized carbons (Fsp3) is 0.391. The smallest absolute Gasteiger partial charge is 0.241 e. The second-order valence-electron chi connectivity index (χ2n) is 7.52. The van der Waals surface area contributed by atoms with E-state index in [1.165, 1.54) is 19.1 Å². The van der Waals surface area contributed by atoms with Gasteiger partial charge in [-0.2, -0.15) is 0 Å². The predicted octanol–water partition coefficient (Wildman–Crippen LogP) is 1.75. The monoisotopic (exact) mass is 425 g/mol. The maximum atomic E-state index is 13.5. The Balaban J connectivity index is 1.90. The first-order chi connectivity index (χ1) is 14.9. The number of hydrogen-bond acceptors (Lipinski definition) is 6. The van der Waals surface area contributed by atoms with Crippen molar-refractivity contribution in [3.05, 3.63) is 59.4 Å². The molecule has 1 fully saturated rings. The van der Waals surface area contributed by atoms with Crippen molar-refractivity contribution in [2.75, 3.05) is 27.4 Å². The van der Waals surface area contributed by atoms with Crippen LogP contribution in [0.5, 0.6) is 5.75 Å². The summed E-state index contributed by atoms with van der Waals surface area (Å²) in [6.07, 6.45) is 1.39. The van der Waals surface area contributed by atoms with Gasteiger partial charge in [-0.3, -0.25) is 24.3 Å². The third-order valence-electron chi connectivity index (χ3n) is 5.58. The molecule has 1 aromatic heterocycles. The van der Waals surface area contributed by atoms with Crippen LogP contribution in [0.2, 0.25) is 0 Å². The summed E-state index contributed by atoms with van der Waals surface area (Å²) in [5, 5.41) is 2.84. The molecule has 1 saturated heterocycles. The zero-order valence-corrected chi connectivity index (χ0v) is 18.0. The van der Waals surface area contributed by atoms with Crippen LogP contribution in [-0.4, -0.2) is 55.0 Å². The Morgan fingerprint density at radius 3 is 2.68 bits per heavy atom. The first-order valence-corrected chi connectivity index (χ1v) is 10.1. The van der Waals surface area contributed by atoms with Crippen molar-refractivity contribution in [2.45, 2.75) is 31.7 Å². The molecule has 1 aliphatic heterocycles. The van der Waals surface area contributed by atoms with Crippen LogP contribution in [0.15, 0.2) is 42.6 Å². The van der Waals surface area contributed by atoms with Gasteiger partial charge in [0.1, 0.15) is 5.75 Å². The fourth-order valence-electron chi connectivity index (χ4n) is 3.92. The molecule has 0 bridgehead atoms. The van der Waals surface area contributed by atoms with Gasteiger partial charge in [0.15, 0.2) is 0 Å². The number of rotatable bonds is 9. The zero-order chi connectivity index (χ0) is 22.4. The topological polar surface area (TPSA) is 97.8 Å². The number of ether oxygens (including phenoxy) is 2. The summed E-state index contributed by atoms with van der Waals surface area (Å²) in [6.45, 7) is 2.52. The molecule has 1 aromatic carbocycles. The van der Waals surface area contributed by atoms with Crippen molar-refractivity contribution in [1.82, 2.24) is 15.2 Å². The summed E-state index contributed by atoms with van der Waals surface area (Å²) < 4.78 is 10.5. The van der Waals surface area contributed by atoms with E-state index in [1.807, 2.05) is 19.1 Å². The molecule has 1 aliphatic rings. The Labute approximate surface area is 181 Å². The first-order valence-electron chi connectivity index (χ1n) is 10.1. The first kappa shape index (κ1) is 22.4. The molecular weight excluding hydrogens is 398 g/mol. The van der Waals surface area contributed by atoms with Crippen LogP contribution in [0.3, 0.4) is 0 Å². The summed E-state index contributed by atoms with van der Waals surface area (Å²) in [6, 6.07) is 10.8. The molecular formula is C23H27N3O5. The average molecular weight is 425 g/mol. The molecule has 8 heteroatoms. The predicted molar refractivity (Wildman–Crippen MR) is 113 cm³/mol. The quantitative estimate of drug-likeness (QED) is 0.615. The van der Waals surface area contributed by atoms with Gasteiger partial charge in [-0.05, 0) is 24.6 Å². The van der Waals surface area contributed by atoms with Crippen LogP contribution in [0.25, 0.3) is 0 Å². The van der Waals surface area contributed by atoms with E-state index in [2.05, 4.69) is 10.3 Å². The highest BCUT2D eigenvalue weighted by Crippen LogP contribution is 2.43. The van der Waals surface area contributed by atoms with Crippen molar-refractivity contribution in [2.24, 2.45) is 0 Å². The number of para-hydroxylation sites is 1. The molecule has 0 radical (unpaired) electrons. The van der Waals surface area contributed by atoms with Gasteiger partial charge in [0.25, 0.3) is 0 Å². The molecule has 3 amide bonds. The van der Waals surface area contributed by atoms with Crippen molar-refractivity contribution < 1.29 is 23.9 Å². The van der Waals surface area contributed by atoms with Gasteiger partial charge < -0.3 is 14.8 Å². The lowest BCUT2D eigenvalue weighted by Gasteiger charge is -2.28. The SMILES string of the molecule is COCCN1C(=O)C[C@@](CC(=O)NCc2ncccc2C)(c2ccccc2OC)C1=O. The second-order valence-corrected chi connectivity index (χ2v) is 7.52. The van der Waals surface area contributed by atoms with Gasteiger partial charge in [-0.1, -0.05) is 24.3 Å². The van der Waals surface area contributed by atoms with Gasteiger partial charge in [0, 0.05) is 31.7 Å². The van der Waals surface area contributed by atoms with Gasteiger partial charge in [0.05, 0.1) is 37.9 Å². The number of benzene rings is 1. The molecule has 0 unspecified atom stereocenters. The minimum Gasteiger partial charge on any atom is -0.496 e. The molecule has 0 aliphatic carbocycles. The van der Waals surface area contributed by atoms with E-state index >= 15 is 0 Å².